The standard InChI is InChI=1S/C8H6ClNO5S2/c1-15-8(12)5-6(11)7-3(2-4(9)16-7)17(13,14)10-5/h2,5,10H,1H3. The number of sulfonamides is 1. The number of rotatable bonds is 1. The molecule has 0 spiro atoms. The molecule has 0 saturated heterocycles. The molecule has 0 saturated carbocycles. The smallest absolute Gasteiger partial charge is 0.332 e. The summed E-state index contributed by atoms with van der Waals surface area (Å²) in [6.07, 6.45) is 0. The molecule has 2 rings (SSSR count). The highest BCUT2D eigenvalue weighted by molar-refractivity contribution is 7.90. The van der Waals surface area contributed by atoms with Crippen LogP contribution in [0.1, 0.15) is 9.67 Å². The van der Waals surface area contributed by atoms with Crippen LogP contribution in [0.25, 0.3) is 0 Å². The Morgan fingerprint density at radius 1 is 1.59 bits per heavy atom. The molecule has 0 amide bonds. The predicted octanol–water partition coefficient (Wildman–Crippen LogP) is 0.418. The van der Waals surface area contributed by atoms with Crippen LogP contribution < -0.4 is 4.72 Å². The van der Waals surface area contributed by atoms with Crippen LogP contribution in [0.4, 0.5) is 0 Å². The van der Waals surface area contributed by atoms with Crippen LogP contribution in [-0.4, -0.2) is 33.3 Å². The summed E-state index contributed by atoms with van der Waals surface area (Å²) in [6.45, 7) is 0. The van der Waals surface area contributed by atoms with Crippen molar-refractivity contribution in [3.05, 3.63) is 15.3 Å². The maximum absolute atomic E-state index is 11.8. The molecule has 1 aliphatic heterocycles. The van der Waals surface area contributed by atoms with E-state index in [1.807, 2.05) is 4.72 Å². The Hall–Kier alpha value is -0.960. The molecular weight excluding hydrogens is 290 g/mol. The fraction of sp³-hybridized carbons (Fsp3) is 0.250. The molecule has 1 atom stereocenters. The summed E-state index contributed by atoms with van der Waals surface area (Å²) in [5, 5.41) is 0. The number of carbonyl (C=O) groups excluding carboxylic acids is 2. The molecule has 1 N–H and O–H groups in total. The molecule has 92 valence electrons. The van der Waals surface area contributed by atoms with Gasteiger partial charge in [-0.15, -0.1) is 11.3 Å². The van der Waals surface area contributed by atoms with Gasteiger partial charge in [0, 0.05) is 0 Å². The number of carbonyl (C=O) groups is 2. The van der Waals surface area contributed by atoms with Gasteiger partial charge in [0.1, 0.15) is 4.90 Å². The van der Waals surface area contributed by atoms with Crippen molar-refractivity contribution in [1.29, 1.82) is 0 Å². The molecule has 1 aromatic heterocycles. The van der Waals surface area contributed by atoms with Crippen molar-refractivity contribution in [1.82, 2.24) is 4.72 Å². The van der Waals surface area contributed by atoms with E-state index in [9.17, 15) is 18.0 Å². The van der Waals surface area contributed by atoms with Gasteiger partial charge in [0.2, 0.25) is 15.8 Å². The lowest BCUT2D eigenvalue weighted by Gasteiger charge is -2.19. The van der Waals surface area contributed by atoms with Crippen molar-refractivity contribution in [2.24, 2.45) is 0 Å². The molecule has 0 radical (unpaired) electrons. The van der Waals surface area contributed by atoms with Crippen molar-refractivity contribution >= 4 is 44.7 Å². The van der Waals surface area contributed by atoms with Crippen molar-refractivity contribution in [2.75, 3.05) is 7.11 Å². The summed E-state index contributed by atoms with van der Waals surface area (Å²) >= 11 is 6.48. The summed E-state index contributed by atoms with van der Waals surface area (Å²) in [5.74, 6) is -1.60. The molecule has 1 unspecified atom stereocenters. The molecule has 0 aliphatic carbocycles. The summed E-state index contributed by atoms with van der Waals surface area (Å²) in [4.78, 5) is 22.9. The quantitative estimate of drug-likeness (QED) is 0.599. The number of halogens is 1. The van der Waals surface area contributed by atoms with E-state index in [1.54, 1.807) is 0 Å². The molecule has 2 heterocycles. The maximum Gasteiger partial charge on any atom is 0.332 e. The third-order valence-corrected chi connectivity index (χ3v) is 5.01. The maximum atomic E-state index is 11.8. The normalized spacial score (nSPS) is 22.0. The van der Waals surface area contributed by atoms with E-state index in [1.165, 1.54) is 6.07 Å². The van der Waals surface area contributed by atoms with E-state index in [2.05, 4.69) is 4.74 Å². The van der Waals surface area contributed by atoms with Crippen molar-refractivity contribution in [3.63, 3.8) is 0 Å². The summed E-state index contributed by atoms with van der Waals surface area (Å²) in [5.41, 5.74) is 0. The molecule has 17 heavy (non-hydrogen) atoms. The zero-order chi connectivity index (χ0) is 12.8. The summed E-state index contributed by atoms with van der Waals surface area (Å²) in [6, 6.07) is -0.359. The first-order valence-corrected chi connectivity index (χ1v) is 6.98. The van der Waals surface area contributed by atoms with Crippen LogP contribution in [0.15, 0.2) is 11.0 Å². The highest BCUT2D eigenvalue weighted by Gasteiger charge is 2.42. The van der Waals surface area contributed by atoms with Gasteiger partial charge >= 0.3 is 5.97 Å². The summed E-state index contributed by atoms with van der Waals surface area (Å²) in [7, 11) is -2.83. The monoisotopic (exact) mass is 295 g/mol. The Morgan fingerprint density at radius 2 is 2.24 bits per heavy atom. The van der Waals surface area contributed by atoms with Crippen LogP contribution >= 0.6 is 22.9 Å². The predicted molar refractivity (Wildman–Crippen MR) is 59.8 cm³/mol. The number of ketones is 1. The van der Waals surface area contributed by atoms with Crippen molar-refractivity contribution in [3.8, 4) is 0 Å². The van der Waals surface area contributed by atoms with Gasteiger partial charge in [0.25, 0.3) is 0 Å². The van der Waals surface area contributed by atoms with E-state index in [0.29, 0.717) is 0 Å². The fourth-order valence-corrected chi connectivity index (χ4v) is 4.34. The second-order valence-electron chi connectivity index (χ2n) is 3.19. The molecule has 9 heteroatoms. The first-order valence-electron chi connectivity index (χ1n) is 4.30. The summed E-state index contributed by atoms with van der Waals surface area (Å²) < 4.78 is 30.0. The van der Waals surface area contributed by atoms with Gasteiger partial charge in [-0.1, -0.05) is 11.6 Å². The number of Topliss-reactive ketones (excluding diaryl/α,β-unsaturated/α-hetero) is 1. The lowest BCUT2D eigenvalue weighted by molar-refractivity contribution is -0.141. The number of thiophene rings is 1. The second kappa shape index (κ2) is 4.05. The Kier molecular flexibility index (Phi) is 2.98. The lowest BCUT2D eigenvalue weighted by Crippen LogP contribution is -2.50. The van der Waals surface area contributed by atoms with Crippen molar-refractivity contribution in [2.45, 2.75) is 10.9 Å². The molecule has 0 aromatic carbocycles. The third-order valence-electron chi connectivity index (χ3n) is 2.15. The van der Waals surface area contributed by atoms with Gasteiger partial charge in [-0.05, 0) is 6.07 Å². The zero-order valence-corrected chi connectivity index (χ0v) is 10.8. The first kappa shape index (κ1) is 12.5. The first-order chi connectivity index (χ1) is 7.86. The number of hydrogen-bond donors (Lipinski definition) is 1. The van der Waals surface area contributed by atoms with Crippen LogP contribution in [-0.2, 0) is 19.6 Å². The number of methoxy groups -OCH3 is 1. The third kappa shape index (κ3) is 1.97. The number of ether oxygens (including phenoxy) is 1. The highest BCUT2D eigenvalue weighted by Crippen LogP contribution is 2.34. The van der Waals surface area contributed by atoms with E-state index in [4.69, 9.17) is 11.6 Å². The van der Waals surface area contributed by atoms with Gasteiger partial charge in [-0.25, -0.2) is 13.2 Å². The van der Waals surface area contributed by atoms with Gasteiger partial charge in [-0.3, -0.25) is 4.79 Å². The molecular formula is C8H6ClNO5S2. The minimum absolute atomic E-state index is 0.0517. The van der Waals surface area contributed by atoms with Gasteiger partial charge in [0.05, 0.1) is 16.3 Å². The van der Waals surface area contributed by atoms with Crippen LogP contribution in [0, 0.1) is 0 Å². The minimum atomic E-state index is -3.90. The topological polar surface area (TPSA) is 89.5 Å². The van der Waals surface area contributed by atoms with Crippen molar-refractivity contribution < 1.29 is 22.7 Å². The SMILES string of the molecule is COC(=O)C1NS(=O)(=O)c2cc(Cl)sc2C1=O. The van der Waals surface area contributed by atoms with E-state index >= 15 is 0 Å². The van der Waals surface area contributed by atoms with Gasteiger partial charge in [-0.2, -0.15) is 4.72 Å². The second-order valence-corrected chi connectivity index (χ2v) is 6.55. The molecule has 6 nitrogen and oxygen atoms in total. The molecule has 1 aromatic rings. The Labute approximate surface area is 106 Å². The number of nitrogens with one attached hydrogen (secondary N) is 1. The number of fused-ring (bicyclic) bond motifs is 1. The van der Waals surface area contributed by atoms with E-state index in [0.717, 1.165) is 18.4 Å². The minimum Gasteiger partial charge on any atom is -0.467 e. The largest absolute Gasteiger partial charge is 0.467 e. The Morgan fingerprint density at radius 3 is 2.82 bits per heavy atom. The fourth-order valence-electron chi connectivity index (χ4n) is 1.39. The average Bonchev–Trinajstić information content (AvgIpc) is 2.66. The van der Waals surface area contributed by atoms with Crippen LogP contribution in [0.5, 0.6) is 0 Å². The lowest BCUT2D eigenvalue weighted by atomic mass is 10.1. The average molecular weight is 296 g/mol. The number of hydrogen-bond acceptors (Lipinski definition) is 6. The van der Waals surface area contributed by atoms with Gasteiger partial charge in [0.15, 0.2) is 6.04 Å². The Bertz CT molecular complexity index is 605. The Balaban J connectivity index is 2.59. The molecule has 0 fully saturated rings. The van der Waals surface area contributed by atoms with Crippen LogP contribution in [0.3, 0.4) is 0 Å². The van der Waals surface area contributed by atoms with E-state index in [-0.39, 0.29) is 14.1 Å². The van der Waals surface area contributed by atoms with Crippen LogP contribution in [0.2, 0.25) is 4.34 Å². The van der Waals surface area contributed by atoms with E-state index < -0.39 is 27.8 Å². The molecule has 0 bridgehead atoms. The number of esters is 1. The molecule has 1 aliphatic rings. The zero-order valence-electron chi connectivity index (χ0n) is 8.39. The highest BCUT2D eigenvalue weighted by atomic mass is 35.5. The van der Waals surface area contributed by atoms with Gasteiger partial charge < -0.3 is 4.74 Å².